The lowest BCUT2D eigenvalue weighted by Gasteiger charge is -2.24. The van der Waals surface area contributed by atoms with Gasteiger partial charge in [0, 0.05) is 13.0 Å². The summed E-state index contributed by atoms with van der Waals surface area (Å²) in [5, 5.41) is 0. The molecule has 0 aliphatic heterocycles. The van der Waals surface area contributed by atoms with Crippen LogP contribution in [-0.4, -0.2) is 75.6 Å². The Balaban J connectivity index is 4.19. The Hall–Kier alpha value is -1.80. The summed E-state index contributed by atoms with van der Waals surface area (Å²) in [5.74, 6) is -0.326. The third-order valence-electron chi connectivity index (χ3n) is 10.1. The van der Waals surface area contributed by atoms with Crippen molar-refractivity contribution in [2.24, 2.45) is 0 Å². The molecule has 0 saturated carbocycles. The predicted molar refractivity (Wildman–Crippen MR) is 252 cm³/mol. The van der Waals surface area contributed by atoms with E-state index in [4.69, 9.17) is 18.5 Å². The number of allylic oxidation sites excluding steroid dienone is 10. The van der Waals surface area contributed by atoms with E-state index in [1.54, 1.807) is 0 Å². The second-order valence-corrected chi connectivity index (χ2v) is 18.6. The van der Waals surface area contributed by atoms with Gasteiger partial charge in [0.2, 0.25) is 0 Å². The standard InChI is InChI=1S/C50H92NO7P/c1-6-8-10-12-14-16-18-20-22-23-24-25-26-27-28-30-32-34-36-38-40-42-45-55-47-49(48-57-59(53,54)56-46-44-51(3,4)5)58-50(52)43-41-39-37-35-33-31-29-21-19-17-15-13-11-9-7-2/h8,10,14,16,20-22,24-25,29,49H,6-7,9,11-13,15,17-19,23,26-28,30-48H2,1-5H3/p+1/b10-8-,16-14-,22-20-,25-24-,29-21-. The number of likely N-dealkylation sites (N-methyl/N-ethyl adjacent to an activating group) is 1. The SMILES string of the molecule is CC/C=C\C/C=C\C/C=C\C/C=C\CCCCCCCCCCCOCC(COP(=O)(O)OCC[N+](C)(C)C)OC(=O)CCCCCCC/C=C\CCCCCCCC. The molecule has 344 valence electrons. The van der Waals surface area contributed by atoms with Crippen LogP contribution in [0, 0.1) is 0 Å². The summed E-state index contributed by atoms with van der Waals surface area (Å²) in [6.45, 7) is 5.48. The zero-order valence-electron chi connectivity index (χ0n) is 39.0. The molecule has 0 heterocycles. The van der Waals surface area contributed by atoms with Crippen LogP contribution >= 0.6 is 7.82 Å². The highest BCUT2D eigenvalue weighted by molar-refractivity contribution is 7.47. The summed E-state index contributed by atoms with van der Waals surface area (Å²) < 4.78 is 35.1. The highest BCUT2D eigenvalue weighted by atomic mass is 31.2. The van der Waals surface area contributed by atoms with Crippen molar-refractivity contribution < 1.29 is 37.3 Å². The fraction of sp³-hybridized carbons (Fsp3) is 0.780. The highest BCUT2D eigenvalue weighted by Crippen LogP contribution is 2.43. The molecular weight excluding hydrogens is 758 g/mol. The number of phosphoric acid groups is 1. The van der Waals surface area contributed by atoms with Gasteiger partial charge in [0.15, 0.2) is 0 Å². The minimum atomic E-state index is -4.28. The first-order valence-corrected chi connectivity index (χ1v) is 25.5. The Morgan fingerprint density at radius 2 is 0.983 bits per heavy atom. The van der Waals surface area contributed by atoms with Gasteiger partial charge >= 0.3 is 13.8 Å². The van der Waals surface area contributed by atoms with E-state index in [1.165, 1.54) is 103 Å². The lowest BCUT2D eigenvalue weighted by molar-refractivity contribution is -0.870. The van der Waals surface area contributed by atoms with Crippen molar-refractivity contribution in [2.45, 2.75) is 200 Å². The molecule has 0 aromatic rings. The zero-order chi connectivity index (χ0) is 43.4. The minimum absolute atomic E-state index is 0.0837. The van der Waals surface area contributed by atoms with Gasteiger partial charge in [-0.3, -0.25) is 13.8 Å². The van der Waals surface area contributed by atoms with Crippen LogP contribution in [0.4, 0.5) is 0 Å². The molecule has 1 N–H and O–H groups in total. The van der Waals surface area contributed by atoms with E-state index in [9.17, 15) is 14.3 Å². The van der Waals surface area contributed by atoms with Gasteiger partial charge in [-0.15, -0.1) is 0 Å². The van der Waals surface area contributed by atoms with Crippen LogP contribution in [0.3, 0.4) is 0 Å². The summed E-state index contributed by atoms with van der Waals surface area (Å²) >= 11 is 0. The Bertz CT molecular complexity index is 1130. The maximum absolute atomic E-state index is 12.7. The zero-order valence-corrected chi connectivity index (χ0v) is 39.9. The van der Waals surface area contributed by atoms with Gasteiger partial charge in [-0.1, -0.05) is 171 Å². The van der Waals surface area contributed by atoms with Crippen molar-refractivity contribution in [3.63, 3.8) is 0 Å². The molecule has 0 fully saturated rings. The molecule has 59 heavy (non-hydrogen) atoms. The summed E-state index contributed by atoms with van der Waals surface area (Å²) in [7, 11) is 1.65. The van der Waals surface area contributed by atoms with Crippen molar-refractivity contribution >= 4 is 13.8 Å². The molecule has 0 rings (SSSR count). The van der Waals surface area contributed by atoms with E-state index in [0.29, 0.717) is 24.1 Å². The lowest BCUT2D eigenvalue weighted by atomic mass is 10.1. The quantitative estimate of drug-likeness (QED) is 0.0215. The molecule has 2 atom stereocenters. The molecule has 0 amide bonds. The third-order valence-corrected chi connectivity index (χ3v) is 11.0. The number of esters is 1. The number of unbranched alkanes of at least 4 members (excludes halogenated alkanes) is 20. The van der Waals surface area contributed by atoms with Crippen molar-refractivity contribution in [3.05, 3.63) is 60.8 Å². The number of nitrogens with zero attached hydrogens (tertiary/aromatic N) is 1. The molecule has 0 aromatic heterocycles. The van der Waals surface area contributed by atoms with E-state index in [0.717, 1.165) is 70.6 Å². The maximum Gasteiger partial charge on any atom is 0.472 e. The van der Waals surface area contributed by atoms with Crippen molar-refractivity contribution in [1.82, 2.24) is 0 Å². The van der Waals surface area contributed by atoms with Crippen LogP contribution in [0.5, 0.6) is 0 Å². The number of hydrogen-bond donors (Lipinski definition) is 1. The molecule has 2 unspecified atom stereocenters. The van der Waals surface area contributed by atoms with E-state index in [1.807, 2.05) is 21.1 Å². The van der Waals surface area contributed by atoms with Crippen molar-refractivity contribution in [3.8, 4) is 0 Å². The first kappa shape index (κ1) is 57.2. The summed E-state index contributed by atoms with van der Waals surface area (Å²) in [4.78, 5) is 22.9. The molecule has 0 aromatic carbocycles. The normalized spacial score (nSPS) is 14.2. The number of carbonyl (C=O) groups is 1. The molecule has 0 saturated heterocycles. The highest BCUT2D eigenvalue weighted by Gasteiger charge is 2.26. The van der Waals surface area contributed by atoms with Gasteiger partial charge in [0.05, 0.1) is 34.4 Å². The largest absolute Gasteiger partial charge is 0.472 e. The average Bonchev–Trinajstić information content (AvgIpc) is 3.19. The molecule has 0 aliphatic carbocycles. The molecular formula is C50H93NO7P+. The van der Waals surface area contributed by atoms with Crippen LogP contribution in [0.15, 0.2) is 60.8 Å². The molecule has 0 bridgehead atoms. The summed E-state index contributed by atoms with van der Waals surface area (Å²) in [5.41, 5.74) is 0. The van der Waals surface area contributed by atoms with Crippen LogP contribution in [0.2, 0.25) is 0 Å². The maximum atomic E-state index is 12.7. The van der Waals surface area contributed by atoms with Crippen molar-refractivity contribution in [1.29, 1.82) is 0 Å². The Morgan fingerprint density at radius 3 is 1.49 bits per heavy atom. The van der Waals surface area contributed by atoms with Crippen LogP contribution in [-0.2, 0) is 27.9 Å². The van der Waals surface area contributed by atoms with Crippen molar-refractivity contribution in [2.75, 3.05) is 54.1 Å². The number of phosphoric ester groups is 1. The molecule has 0 spiro atoms. The summed E-state index contributed by atoms with van der Waals surface area (Å²) in [6.07, 6.45) is 54.0. The number of quaternary nitrogens is 1. The predicted octanol–water partition coefficient (Wildman–Crippen LogP) is 14.5. The second-order valence-electron chi connectivity index (χ2n) is 17.1. The molecule has 0 radical (unpaired) electrons. The Kier molecular flexibility index (Phi) is 41.6. The van der Waals surface area contributed by atoms with Gasteiger partial charge < -0.3 is 18.9 Å². The molecule has 9 heteroatoms. The second kappa shape index (κ2) is 42.9. The van der Waals surface area contributed by atoms with Gasteiger partial charge in [0.1, 0.15) is 19.3 Å². The summed E-state index contributed by atoms with van der Waals surface area (Å²) in [6, 6.07) is 0. The van der Waals surface area contributed by atoms with Gasteiger partial charge in [-0.25, -0.2) is 4.57 Å². The van der Waals surface area contributed by atoms with E-state index < -0.39 is 13.9 Å². The third kappa shape index (κ3) is 47.1. The molecule has 8 nitrogen and oxygen atoms in total. The lowest BCUT2D eigenvalue weighted by Crippen LogP contribution is -2.37. The monoisotopic (exact) mass is 851 g/mol. The van der Waals surface area contributed by atoms with Crippen LogP contribution < -0.4 is 0 Å². The smallest absolute Gasteiger partial charge is 0.457 e. The Morgan fingerprint density at radius 1 is 0.542 bits per heavy atom. The first-order chi connectivity index (χ1) is 28.6. The van der Waals surface area contributed by atoms with Gasteiger partial charge in [0.25, 0.3) is 0 Å². The first-order valence-electron chi connectivity index (χ1n) is 24.0. The van der Waals surface area contributed by atoms with Gasteiger partial charge in [-0.2, -0.15) is 0 Å². The number of carbonyl (C=O) groups excluding carboxylic acids is 1. The fourth-order valence-corrected chi connectivity index (χ4v) is 7.10. The topological polar surface area (TPSA) is 91.3 Å². The van der Waals surface area contributed by atoms with Crippen LogP contribution in [0.1, 0.15) is 194 Å². The number of ether oxygens (including phenoxy) is 2. The molecule has 0 aliphatic rings. The average molecular weight is 851 g/mol. The Labute approximate surface area is 364 Å². The van der Waals surface area contributed by atoms with Crippen LogP contribution in [0.25, 0.3) is 0 Å². The number of hydrogen-bond acceptors (Lipinski definition) is 6. The van der Waals surface area contributed by atoms with E-state index in [2.05, 4.69) is 74.6 Å². The van der Waals surface area contributed by atoms with E-state index in [-0.39, 0.29) is 25.8 Å². The van der Waals surface area contributed by atoms with E-state index >= 15 is 0 Å². The van der Waals surface area contributed by atoms with Gasteiger partial charge in [-0.05, 0) is 77.0 Å². The minimum Gasteiger partial charge on any atom is -0.457 e. The number of rotatable bonds is 44. The fourth-order valence-electron chi connectivity index (χ4n) is 6.36.